The molecular formula is C14H15BrN2O. The summed E-state index contributed by atoms with van der Waals surface area (Å²) in [6.45, 7) is 0.274. The lowest BCUT2D eigenvalue weighted by Gasteiger charge is -1.94. The molecule has 2 aromatic heterocycles. The van der Waals surface area contributed by atoms with Crippen molar-refractivity contribution in [1.29, 1.82) is 0 Å². The number of hydrogen-bond donors (Lipinski definition) is 2. The van der Waals surface area contributed by atoms with Crippen LogP contribution < -0.4 is 0 Å². The molecule has 2 aromatic rings. The summed E-state index contributed by atoms with van der Waals surface area (Å²) in [6.07, 6.45) is 9.31. The van der Waals surface area contributed by atoms with Crippen molar-refractivity contribution in [2.24, 2.45) is 0 Å². The number of H-pyrrole nitrogens is 1. The van der Waals surface area contributed by atoms with Crippen LogP contribution in [0.3, 0.4) is 0 Å². The monoisotopic (exact) mass is 306 g/mol. The van der Waals surface area contributed by atoms with Gasteiger partial charge in [-0.3, -0.25) is 4.98 Å². The van der Waals surface area contributed by atoms with E-state index in [1.165, 1.54) is 0 Å². The van der Waals surface area contributed by atoms with Gasteiger partial charge in [-0.2, -0.15) is 0 Å². The number of unbranched alkanes of at least 4 members (excludes halogenated alkanes) is 3. The largest absolute Gasteiger partial charge is 0.396 e. The fourth-order valence-electron chi connectivity index (χ4n) is 1.80. The van der Waals surface area contributed by atoms with Gasteiger partial charge in [0.25, 0.3) is 0 Å². The summed E-state index contributed by atoms with van der Waals surface area (Å²) in [6, 6.07) is 0. The molecule has 3 nitrogen and oxygen atoms in total. The van der Waals surface area contributed by atoms with Crippen molar-refractivity contribution in [3.05, 3.63) is 28.6 Å². The number of aromatic amines is 1. The highest BCUT2D eigenvalue weighted by molar-refractivity contribution is 9.10. The van der Waals surface area contributed by atoms with Crippen LogP contribution in [0.1, 0.15) is 31.2 Å². The van der Waals surface area contributed by atoms with E-state index in [-0.39, 0.29) is 6.61 Å². The number of aliphatic hydroxyl groups is 1. The molecule has 0 aliphatic heterocycles. The number of aliphatic hydroxyl groups excluding tert-OH is 1. The Morgan fingerprint density at radius 3 is 3.00 bits per heavy atom. The first-order valence-electron chi connectivity index (χ1n) is 6.03. The Labute approximate surface area is 115 Å². The molecule has 0 radical (unpaired) electrons. The number of rotatable bonds is 4. The average molecular weight is 307 g/mol. The van der Waals surface area contributed by atoms with E-state index in [2.05, 4.69) is 37.7 Å². The highest BCUT2D eigenvalue weighted by Crippen LogP contribution is 2.25. The van der Waals surface area contributed by atoms with Crippen molar-refractivity contribution in [1.82, 2.24) is 9.97 Å². The van der Waals surface area contributed by atoms with E-state index in [4.69, 9.17) is 5.11 Å². The van der Waals surface area contributed by atoms with E-state index in [1.807, 2.05) is 6.20 Å². The topological polar surface area (TPSA) is 48.9 Å². The molecule has 2 N–H and O–H groups in total. The Morgan fingerprint density at radius 2 is 2.17 bits per heavy atom. The van der Waals surface area contributed by atoms with Crippen LogP contribution in [0.4, 0.5) is 0 Å². The molecule has 0 saturated carbocycles. The summed E-state index contributed by atoms with van der Waals surface area (Å²) < 4.78 is 0.964. The summed E-state index contributed by atoms with van der Waals surface area (Å²) >= 11 is 3.49. The molecule has 0 fully saturated rings. The molecule has 0 aliphatic rings. The van der Waals surface area contributed by atoms with Crippen LogP contribution in [0.2, 0.25) is 0 Å². The standard InChI is InChI=1S/C14H15BrN2O/c15-12-9-16-10-13-14(12)11(8-17-13)6-4-2-1-3-5-7-18/h8-10,17-18H,1-3,5,7H2. The lowest BCUT2D eigenvalue weighted by atomic mass is 10.2. The Bertz CT molecular complexity index is 580. The average Bonchev–Trinajstić information content (AvgIpc) is 2.78. The van der Waals surface area contributed by atoms with Crippen molar-refractivity contribution in [2.45, 2.75) is 25.7 Å². The number of pyridine rings is 1. The van der Waals surface area contributed by atoms with E-state index in [0.717, 1.165) is 46.6 Å². The molecule has 94 valence electrons. The Balaban J connectivity index is 2.06. The van der Waals surface area contributed by atoms with Crippen molar-refractivity contribution in [3.63, 3.8) is 0 Å². The van der Waals surface area contributed by atoms with Crippen molar-refractivity contribution in [2.75, 3.05) is 6.61 Å². The molecule has 0 bridgehead atoms. The maximum atomic E-state index is 8.67. The second kappa shape index (κ2) is 6.58. The third-order valence-electron chi connectivity index (χ3n) is 2.72. The van der Waals surface area contributed by atoms with Gasteiger partial charge in [-0.15, -0.1) is 0 Å². The molecule has 2 heterocycles. The third-order valence-corrected chi connectivity index (χ3v) is 3.33. The first kappa shape index (κ1) is 13.1. The second-order valence-corrected chi connectivity index (χ2v) is 4.94. The van der Waals surface area contributed by atoms with Crippen LogP contribution in [0.25, 0.3) is 10.9 Å². The maximum Gasteiger partial charge on any atom is 0.0664 e. The Hall–Kier alpha value is -1.31. The Morgan fingerprint density at radius 1 is 1.28 bits per heavy atom. The van der Waals surface area contributed by atoms with Crippen molar-refractivity contribution >= 4 is 26.8 Å². The molecule has 18 heavy (non-hydrogen) atoms. The fourth-order valence-corrected chi connectivity index (χ4v) is 2.34. The lowest BCUT2D eigenvalue weighted by Crippen LogP contribution is -1.81. The fraction of sp³-hybridized carbons (Fsp3) is 0.357. The summed E-state index contributed by atoms with van der Waals surface area (Å²) in [7, 11) is 0. The second-order valence-electron chi connectivity index (χ2n) is 4.08. The number of hydrogen-bond acceptors (Lipinski definition) is 2. The first-order chi connectivity index (χ1) is 8.83. The smallest absolute Gasteiger partial charge is 0.0664 e. The van der Waals surface area contributed by atoms with Gasteiger partial charge in [0.15, 0.2) is 0 Å². The van der Waals surface area contributed by atoms with Gasteiger partial charge in [-0.1, -0.05) is 18.3 Å². The molecule has 0 atom stereocenters. The molecule has 0 saturated heterocycles. The normalized spacial score (nSPS) is 10.3. The van der Waals surface area contributed by atoms with E-state index in [1.54, 1.807) is 12.4 Å². The van der Waals surface area contributed by atoms with Crippen LogP contribution in [-0.2, 0) is 0 Å². The van der Waals surface area contributed by atoms with E-state index < -0.39 is 0 Å². The zero-order chi connectivity index (χ0) is 12.8. The van der Waals surface area contributed by atoms with Gasteiger partial charge in [0.05, 0.1) is 17.3 Å². The summed E-state index contributed by atoms with van der Waals surface area (Å²) in [5.41, 5.74) is 2.00. The minimum atomic E-state index is 0.274. The summed E-state index contributed by atoms with van der Waals surface area (Å²) in [5, 5.41) is 9.76. The number of nitrogens with one attached hydrogen (secondary N) is 1. The number of fused-ring (bicyclic) bond motifs is 1. The molecule has 0 aromatic carbocycles. The van der Waals surface area contributed by atoms with Crippen LogP contribution >= 0.6 is 15.9 Å². The van der Waals surface area contributed by atoms with Crippen molar-refractivity contribution in [3.8, 4) is 11.8 Å². The quantitative estimate of drug-likeness (QED) is 0.673. The van der Waals surface area contributed by atoms with Gasteiger partial charge >= 0.3 is 0 Å². The van der Waals surface area contributed by atoms with E-state index >= 15 is 0 Å². The van der Waals surface area contributed by atoms with Crippen LogP contribution in [-0.4, -0.2) is 21.7 Å². The highest BCUT2D eigenvalue weighted by atomic mass is 79.9. The Kier molecular flexibility index (Phi) is 4.80. The number of nitrogens with zero attached hydrogens (tertiary/aromatic N) is 1. The summed E-state index contributed by atoms with van der Waals surface area (Å²) in [5.74, 6) is 6.36. The zero-order valence-electron chi connectivity index (χ0n) is 10.0. The maximum absolute atomic E-state index is 8.67. The van der Waals surface area contributed by atoms with Gasteiger partial charge in [-0.25, -0.2) is 0 Å². The minimum Gasteiger partial charge on any atom is -0.396 e. The van der Waals surface area contributed by atoms with E-state index in [9.17, 15) is 0 Å². The predicted molar refractivity (Wildman–Crippen MR) is 76.2 cm³/mol. The van der Waals surface area contributed by atoms with Crippen LogP contribution in [0.5, 0.6) is 0 Å². The molecular weight excluding hydrogens is 292 g/mol. The van der Waals surface area contributed by atoms with Gasteiger partial charge in [-0.05, 0) is 28.8 Å². The molecule has 2 rings (SSSR count). The van der Waals surface area contributed by atoms with Gasteiger partial charge in [0.1, 0.15) is 0 Å². The summed E-state index contributed by atoms with van der Waals surface area (Å²) in [4.78, 5) is 7.27. The number of aromatic nitrogens is 2. The minimum absolute atomic E-state index is 0.274. The molecule has 0 amide bonds. The van der Waals surface area contributed by atoms with Crippen LogP contribution in [0, 0.1) is 11.8 Å². The van der Waals surface area contributed by atoms with Crippen molar-refractivity contribution < 1.29 is 5.11 Å². The molecule has 0 spiro atoms. The zero-order valence-corrected chi connectivity index (χ0v) is 11.6. The molecule has 0 unspecified atom stereocenters. The van der Waals surface area contributed by atoms with Gasteiger partial charge < -0.3 is 10.1 Å². The lowest BCUT2D eigenvalue weighted by molar-refractivity contribution is 0.283. The molecule has 4 heteroatoms. The van der Waals surface area contributed by atoms with Gasteiger partial charge in [0, 0.05) is 35.3 Å². The van der Waals surface area contributed by atoms with E-state index in [0.29, 0.717) is 0 Å². The highest BCUT2D eigenvalue weighted by Gasteiger charge is 2.04. The third kappa shape index (κ3) is 3.12. The first-order valence-corrected chi connectivity index (χ1v) is 6.82. The number of halogens is 1. The molecule has 0 aliphatic carbocycles. The SMILES string of the molecule is OCCCCCC#Cc1c[nH]c2cncc(Br)c12. The van der Waals surface area contributed by atoms with Crippen LogP contribution in [0.15, 0.2) is 23.1 Å². The predicted octanol–water partition coefficient (Wildman–Crippen LogP) is 3.23. The van der Waals surface area contributed by atoms with Gasteiger partial charge in [0.2, 0.25) is 0 Å².